The van der Waals surface area contributed by atoms with Crippen LogP contribution in [0, 0.1) is 0 Å². The third kappa shape index (κ3) is 3.68. The molecule has 8 heteroatoms. The summed E-state index contributed by atoms with van der Waals surface area (Å²) >= 11 is 1.44. The van der Waals surface area contributed by atoms with Crippen molar-refractivity contribution in [3.8, 4) is 0 Å². The summed E-state index contributed by atoms with van der Waals surface area (Å²) in [6.45, 7) is 0. The van der Waals surface area contributed by atoms with Crippen LogP contribution in [0.1, 0.15) is 18.0 Å². The molecule has 0 radical (unpaired) electrons. The smallest absolute Gasteiger partial charge is 0.234 e. The second-order valence-electron chi connectivity index (χ2n) is 7.18. The van der Waals surface area contributed by atoms with E-state index in [2.05, 4.69) is 61.6 Å². The van der Waals surface area contributed by atoms with Crippen molar-refractivity contribution in [2.24, 2.45) is 5.10 Å². The molecular formula is C21H22N6OS. The Hall–Kier alpha value is -2.97. The Balaban J connectivity index is 1.19. The van der Waals surface area contributed by atoms with Crippen LogP contribution in [0.4, 0.5) is 5.69 Å². The van der Waals surface area contributed by atoms with Crippen molar-refractivity contribution in [3.05, 3.63) is 78.6 Å². The van der Waals surface area contributed by atoms with Gasteiger partial charge in [-0.3, -0.25) is 10.2 Å². The van der Waals surface area contributed by atoms with Crippen molar-refractivity contribution >= 4 is 28.5 Å². The van der Waals surface area contributed by atoms with Gasteiger partial charge in [0.2, 0.25) is 5.91 Å². The van der Waals surface area contributed by atoms with Gasteiger partial charge in [-0.2, -0.15) is 5.10 Å². The summed E-state index contributed by atoms with van der Waals surface area (Å²) in [5.74, 6) is 0.271. The Morgan fingerprint density at radius 3 is 2.66 bits per heavy atom. The molecule has 0 saturated carbocycles. The van der Waals surface area contributed by atoms with E-state index in [4.69, 9.17) is 0 Å². The van der Waals surface area contributed by atoms with Gasteiger partial charge in [0.05, 0.1) is 17.8 Å². The monoisotopic (exact) mass is 406 g/mol. The highest BCUT2D eigenvalue weighted by atomic mass is 32.2. The molecule has 3 aliphatic rings. The van der Waals surface area contributed by atoms with E-state index in [0.717, 1.165) is 17.3 Å². The molecule has 2 aromatic rings. The number of carbonyl (C=O) groups excluding carboxylic acids is 1. The minimum atomic E-state index is -0.0401. The lowest BCUT2D eigenvalue weighted by Gasteiger charge is -2.36. The quantitative estimate of drug-likeness (QED) is 0.725. The normalized spacial score (nSPS) is 24.6. The van der Waals surface area contributed by atoms with Crippen LogP contribution in [-0.4, -0.2) is 38.9 Å². The lowest BCUT2D eigenvalue weighted by Crippen LogP contribution is -2.54. The van der Waals surface area contributed by atoms with Gasteiger partial charge in [0.25, 0.3) is 0 Å². The number of rotatable bonds is 4. The van der Waals surface area contributed by atoms with E-state index in [1.165, 1.54) is 17.3 Å². The van der Waals surface area contributed by atoms with E-state index in [0.29, 0.717) is 5.75 Å². The largest absolute Gasteiger partial charge is 0.325 e. The number of amides is 1. The lowest BCUT2D eigenvalue weighted by atomic mass is 10.00. The number of para-hydroxylation sites is 1. The summed E-state index contributed by atoms with van der Waals surface area (Å²) in [4.78, 5) is 14.4. The lowest BCUT2D eigenvalue weighted by molar-refractivity contribution is -0.113. The third-order valence-corrected chi connectivity index (χ3v) is 6.26. The van der Waals surface area contributed by atoms with Crippen molar-refractivity contribution in [2.75, 3.05) is 11.1 Å². The van der Waals surface area contributed by atoms with Crippen molar-refractivity contribution in [3.63, 3.8) is 0 Å². The third-order valence-electron chi connectivity index (χ3n) is 5.30. The van der Waals surface area contributed by atoms with Crippen LogP contribution in [0.15, 0.2) is 78.2 Å². The molecule has 3 aliphatic heterocycles. The minimum Gasteiger partial charge on any atom is -0.325 e. The number of fused-ring (bicyclic) bond motifs is 3. The van der Waals surface area contributed by atoms with Crippen molar-refractivity contribution in [2.45, 2.75) is 24.7 Å². The van der Waals surface area contributed by atoms with Crippen LogP contribution in [0.5, 0.6) is 0 Å². The number of hydrazone groups is 1. The first-order valence-corrected chi connectivity index (χ1v) is 10.6. The standard InChI is InChI=1S/C21H22N6OS/c28-19(22-16-9-5-2-6-10-16)14-29-21-24-23-20-18-13-17(15-7-3-1-4-8-15)25-27(18)12-11-26(20)21/h1-12,17-18,20,23,25H,13-14H2,(H,22,28). The van der Waals surface area contributed by atoms with E-state index in [1.54, 1.807) is 0 Å². The van der Waals surface area contributed by atoms with Gasteiger partial charge in [0.1, 0.15) is 6.17 Å². The zero-order valence-corrected chi connectivity index (χ0v) is 16.5. The van der Waals surface area contributed by atoms with Crippen LogP contribution < -0.4 is 16.2 Å². The van der Waals surface area contributed by atoms with E-state index >= 15 is 0 Å². The summed E-state index contributed by atoms with van der Waals surface area (Å²) in [7, 11) is 0. The Labute approximate surface area is 173 Å². The second kappa shape index (κ2) is 7.81. The Morgan fingerprint density at radius 1 is 1.10 bits per heavy atom. The topological polar surface area (TPSA) is 72.0 Å². The minimum absolute atomic E-state index is 0.0401. The number of carbonyl (C=O) groups is 1. The first-order valence-electron chi connectivity index (χ1n) is 9.65. The molecule has 3 heterocycles. The van der Waals surface area contributed by atoms with E-state index < -0.39 is 0 Å². The van der Waals surface area contributed by atoms with Crippen LogP contribution in [0.3, 0.4) is 0 Å². The molecule has 1 amide bonds. The summed E-state index contributed by atoms with van der Waals surface area (Å²) in [6, 6.07) is 20.5. The van der Waals surface area contributed by atoms with Gasteiger partial charge in [-0.1, -0.05) is 60.3 Å². The average Bonchev–Trinajstić information content (AvgIpc) is 3.37. The maximum Gasteiger partial charge on any atom is 0.234 e. The number of amidine groups is 1. The maximum absolute atomic E-state index is 12.2. The molecule has 0 aromatic heterocycles. The SMILES string of the molecule is O=C(CSC1=NNC2C3CC(c4ccccc4)NN3C=CN12)Nc1ccccc1. The van der Waals surface area contributed by atoms with Crippen molar-refractivity contribution < 1.29 is 4.79 Å². The zero-order chi connectivity index (χ0) is 19.6. The number of thioether (sulfide) groups is 1. The highest BCUT2D eigenvalue weighted by Gasteiger charge is 2.44. The summed E-state index contributed by atoms with van der Waals surface area (Å²) < 4.78 is 0. The zero-order valence-electron chi connectivity index (χ0n) is 15.7. The summed E-state index contributed by atoms with van der Waals surface area (Å²) in [5, 5.41) is 10.4. The molecule has 5 rings (SSSR count). The van der Waals surface area contributed by atoms with Crippen LogP contribution >= 0.6 is 11.8 Å². The Kier molecular flexibility index (Phi) is 4.87. The first-order chi connectivity index (χ1) is 14.3. The maximum atomic E-state index is 12.2. The van der Waals surface area contributed by atoms with Crippen LogP contribution in [-0.2, 0) is 4.79 Å². The second-order valence-corrected chi connectivity index (χ2v) is 8.12. The van der Waals surface area contributed by atoms with Crippen LogP contribution in [0.2, 0.25) is 0 Å². The molecule has 3 N–H and O–H groups in total. The molecule has 3 unspecified atom stereocenters. The fraction of sp³-hybridized carbons (Fsp3) is 0.238. The fourth-order valence-electron chi connectivity index (χ4n) is 3.90. The molecule has 2 aromatic carbocycles. The van der Waals surface area contributed by atoms with Crippen molar-refractivity contribution in [1.82, 2.24) is 20.8 Å². The van der Waals surface area contributed by atoms with Crippen LogP contribution in [0.25, 0.3) is 0 Å². The van der Waals surface area contributed by atoms with E-state index in [1.807, 2.05) is 42.6 Å². The molecule has 29 heavy (non-hydrogen) atoms. The first kappa shape index (κ1) is 18.1. The van der Waals surface area contributed by atoms with Gasteiger partial charge in [-0.15, -0.1) is 0 Å². The number of anilines is 1. The molecule has 0 bridgehead atoms. The average molecular weight is 407 g/mol. The van der Waals surface area contributed by atoms with Gasteiger partial charge in [0.15, 0.2) is 5.17 Å². The molecule has 0 spiro atoms. The molecule has 0 aliphatic carbocycles. The molecule has 3 atom stereocenters. The van der Waals surface area contributed by atoms with E-state index in [-0.39, 0.29) is 24.2 Å². The van der Waals surface area contributed by atoms with Crippen molar-refractivity contribution in [1.29, 1.82) is 0 Å². The predicted molar refractivity (Wildman–Crippen MR) is 115 cm³/mol. The number of nitrogens with zero attached hydrogens (tertiary/aromatic N) is 3. The highest BCUT2D eigenvalue weighted by Crippen LogP contribution is 2.34. The fourth-order valence-corrected chi connectivity index (χ4v) is 4.67. The Morgan fingerprint density at radius 2 is 1.86 bits per heavy atom. The van der Waals surface area contributed by atoms with Gasteiger partial charge < -0.3 is 15.2 Å². The summed E-state index contributed by atoms with van der Waals surface area (Å²) in [5.41, 5.74) is 8.92. The molecule has 1 saturated heterocycles. The predicted octanol–water partition coefficient (Wildman–Crippen LogP) is 2.67. The number of hydrazine groups is 1. The summed E-state index contributed by atoms with van der Waals surface area (Å²) in [6.07, 6.45) is 5.10. The molecule has 7 nitrogen and oxygen atoms in total. The van der Waals surface area contributed by atoms with Gasteiger partial charge in [0, 0.05) is 18.1 Å². The highest BCUT2D eigenvalue weighted by molar-refractivity contribution is 8.14. The molecule has 1 fully saturated rings. The van der Waals surface area contributed by atoms with Gasteiger partial charge in [-0.05, 0) is 24.1 Å². The number of hydrogen-bond donors (Lipinski definition) is 3. The number of nitrogens with one attached hydrogen (secondary N) is 3. The van der Waals surface area contributed by atoms with E-state index in [9.17, 15) is 4.79 Å². The number of benzene rings is 2. The van der Waals surface area contributed by atoms with Gasteiger partial charge >= 0.3 is 0 Å². The molecule has 148 valence electrons. The number of hydrogen-bond acceptors (Lipinski definition) is 7. The van der Waals surface area contributed by atoms with Gasteiger partial charge in [-0.25, -0.2) is 5.43 Å². The molecular weight excluding hydrogens is 384 g/mol. The Bertz CT molecular complexity index is 935.